The maximum absolute atomic E-state index is 13.3. The van der Waals surface area contributed by atoms with E-state index < -0.39 is 23.6 Å². The van der Waals surface area contributed by atoms with Crippen molar-refractivity contribution >= 4 is 11.6 Å². The Kier molecular flexibility index (Phi) is 7.63. The fourth-order valence-corrected chi connectivity index (χ4v) is 4.18. The molecule has 0 radical (unpaired) electrons. The fourth-order valence-electron chi connectivity index (χ4n) is 4.18. The molecule has 11 heteroatoms. The third-order valence-electron chi connectivity index (χ3n) is 6.37. The quantitative estimate of drug-likeness (QED) is 0.217. The molecule has 4 aromatic rings. The first-order valence-corrected chi connectivity index (χ1v) is 12.9. The molecule has 1 saturated carbocycles. The third kappa shape index (κ3) is 6.53. The summed E-state index contributed by atoms with van der Waals surface area (Å²) in [4.78, 5) is 29.4. The van der Waals surface area contributed by atoms with Crippen LogP contribution in [0.3, 0.4) is 0 Å². The van der Waals surface area contributed by atoms with Gasteiger partial charge in [0.1, 0.15) is 17.1 Å². The van der Waals surface area contributed by atoms with E-state index in [1.807, 2.05) is 28.9 Å². The van der Waals surface area contributed by atoms with E-state index in [-0.39, 0.29) is 11.3 Å². The standard InChI is InChI=1S/C29H27F3N4O4/c1-2-3-14-39-22-10-4-18(5-11-22)25-15-24(19-16-33-36(17-19)21-8-9-21)26(28(38)35-25)27(37)34-20-6-12-23(13-7-20)40-29(30,31)32/h4-7,10-13,15-17,21H,2-3,8-9,14H2,1H3,(H,34,37)(H,35,38). The number of unbranched alkanes of at least 4 members (excludes halogenated alkanes) is 1. The van der Waals surface area contributed by atoms with Gasteiger partial charge in [-0.1, -0.05) is 13.3 Å². The molecule has 1 aliphatic carbocycles. The topological polar surface area (TPSA) is 98.2 Å². The minimum Gasteiger partial charge on any atom is -0.494 e. The van der Waals surface area contributed by atoms with Crippen LogP contribution in [-0.4, -0.2) is 33.6 Å². The van der Waals surface area contributed by atoms with Crippen molar-refractivity contribution in [3.05, 3.63) is 82.9 Å². The number of amides is 1. The van der Waals surface area contributed by atoms with Gasteiger partial charge in [-0.25, -0.2) is 0 Å². The van der Waals surface area contributed by atoms with Gasteiger partial charge in [-0.2, -0.15) is 5.10 Å². The van der Waals surface area contributed by atoms with Crippen LogP contribution in [0.1, 0.15) is 49.0 Å². The van der Waals surface area contributed by atoms with E-state index in [9.17, 15) is 22.8 Å². The van der Waals surface area contributed by atoms with Crippen LogP contribution >= 0.6 is 0 Å². The second kappa shape index (κ2) is 11.3. The number of ether oxygens (including phenoxy) is 2. The van der Waals surface area contributed by atoms with E-state index in [0.717, 1.165) is 43.4 Å². The van der Waals surface area contributed by atoms with Crippen molar-refractivity contribution in [2.45, 2.75) is 45.0 Å². The highest BCUT2D eigenvalue weighted by atomic mass is 19.4. The van der Waals surface area contributed by atoms with Crippen molar-refractivity contribution < 1.29 is 27.4 Å². The SMILES string of the molecule is CCCCOc1ccc(-c2cc(-c3cnn(C4CC4)c3)c(C(=O)Nc3ccc(OC(F)(F)F)cc3)c(=O)[nH]2)cc1. The largest absolute Gasteiger partial charge is 0.573 e. The smallest absolute Gasteiger partial charge is 0.494 e. The Labute approximate surface area is 227 Å². The molecule has 0 saturated heterocycles. The Morgan fingerprint density at radius 1 is 1.07 bits per heavy atom. The van der Waals surface area contributed by atoms with Crippen LogP contribution in [0.15, 0.2) is 71.8 Å². The van der Waals surface area contributed by atoms with Gasteiger partial charge in [-0.3, -0.25) is 14.3 Å². The molecule has 1 aliphatic rings. The van der Waals surface area contributed by atoms with Gasteiger partial charge >= 0.3 is 6.36 Å². The summed E-state index contributed by atoms with van der Waals surface area (Å²) in [7, 11) is 0. The lowest BCUT2D eigenvalue weighted by molar-refractivity contribution is -0.274. The number of anilines is 1. The summed E-state index contributed by atoms with van der Waals surface area (Å²) >= 11 is 0. The van der Waals surface area contributed by atoms with Crippen LogP contribution in [0.4, 0.5) is 18.9 Å². The molecular weight excluding hydrogens is 525 g/mol. The lowest BCUT2D eigenvalue weighted by Gasteiger charge is -2.13. The van der Waals surface area contributed by atoms with E-state index >= 15 is 0 Å². The molecular formula is C29H27F3N4O4. The number of nitrogens with zero attached hydrogens (tertiary/aromatic N) is 2. The first-order valence-electron chi connectivity index (χ1n) is 12.9. The molecule has 1 fully saturated rings. The predicted molar refractivity (Wildman–Crippen MR) is 143 cm³/mol. The van der Waals surface area contributed by atoms with Gasteiger partial charge in [0.15, 0.2) is 0 Å². The molecule has 208 valence electrons. The fraction of sp³-hybridized carbons (Fsp3) is 0.276. The Morgan fingerprint density at radius 3 is 2.42 bits per heavy atom. The summed E-state index contributed by atoms with van der Waals surface area (Å²) in [6.45, 7) is 2.70. The Morgan fingerprint density at radius 2 is 1.77 bits per heavy atom. The minimum absolute atomic E-state index is 0.144. The van der Waals surface area contributed by atoms with Crippen LogP contribution in [0, 0.1) is 0 Å². The number of H-pyrrole nitrogens is 1. The number of carbonyl (C=O) groups excluding carboxylic acids is 1. The van der Waals surface area contributed by atoms with E-state index in [0.29, 0.717) is 35.2 Å². The van der Waals surface area contributed by atoms with Gasteiger partial charge in [0.25, 0.3) is 11.5 Å². The van der Waals surface area contributed by atoms with Gasteiger partial charge < -0.3 is 19.8 Å². The maximum atomic E-state index is 13.3. The number of carbonyl (C=O) groups is 1. The second-order valence-electron chi connectivity index (χ2n) is 9.49. The highest BCUT2D eigenvalue weighted by Gasteiger charge is 2.31. The molecule has 0 unspecified atom stereocenters. The molecule has 1 amide bonds. The van der Waals surface area contributed by atoms with Crippen molar-refractivity contribution in [3.63, 3.8) is 0 Å². The van der Waals surface area contributed by atoms with Crippen molar-refractivity contribution in [1.29, 1.82) is 0 Å². The Hall–Kier alpha value is -4.54. The molecule has 2 aromatic heterocycles. The summed E-state index contributed by atoms with van der Waals surface area (Å²) in [6, 6.07) is 14.0. The van der Waals surface area contributed by atoms with Crippen molar-refractivity contribution in [2.24, 2.45) is 0 Å². The van der Waals surface area contributed by atoms with Gasteiger partial charge in [0.2, 0.25) is 0 Å². The summed E-state index contributed by atoms with van der Waals surface area (Å²) in [5.41, 5.74) is 1.63. The number of aromatic nitrogens is 3. The monoisotopic (exact) mass is 552 g/mol. The molecule has 2 heterocycles. The number of rotatable bonds is 10. The van der Waals surface area contributed by atoms with E-state index in [1.54, 1.807) is 18.5 Å². The first kappa shape index (κ1) is 27.0. The van der Waals surface area contributed by atoms with Crippen LogP contribution in [0.25, 0.3) is 22.4 Å². The summed E-state index contributed by atoms with van der Waals surface area (Å²) in [5, 5.41) is 7.00. The lowest BCUT2D eigenvalue weighted by atomic mass is 10.00. The Bertz CT molecular complexity index is 1540. The minimum atomic E-state index is -4.83. The summed E-state index contributed by atoms with van der Waals surface area (Å²) < 4.78 is 48.8. The molecule has 0 bridgehead atoms. The summed E-state index contributed by atoms with van der Waals surface area (Å²) in [6.07, 6.45) is 2.58. The van der Waals surface area contributed by atoms with Crippen LogP contribution in [0.5, 0.6) is 11.5 Å². The molecule has 40 heavy (non-hydrogen) atoms. The number of alkyl halides is 3. The van der Waals surface area contributed by atoms with Crippen molar-refractivity contribution in [3.8, 4) is 33.9 Å². The van der Waals surface area contributed by atoms with Gasteiger partial charge in [-0.05, 0) is 79.4 Å². The molecule has 0 atom stereocenters. The molecule has 5 rings (SSSR count). The van der Waals surface area contributed by atoms with E-state index in [4.69, 9.17) is 4.74 Å². The van der Waals surface area contributed by atoms with E-state index in [2.05, 4.69) is 27.1 Å². The number of halogens is 3. The zero-order chi connectivity index (χ0) is 28.3. The zero-order valence-corrected chi connectivity index (χ0v) is 21.6. The number of hydrogen-bond donors (Lipinski definition) is 2. The highest BCUT2D eigenvalue weighted by Crippen LogP contribution is 2.36. The number of aromatic amines is 1. The molecule has 0 aliphatic heterocycles. The van der Waals surface area contributed by atoms with Crippen LogP contribution in [-0.2, 0) is 0 Å². The number of nitrogens with one attached hydrogen (secondary N) is 2. The zero-order valence-electron chi connectivity index (χ0n) is 21.6. The molecule has 8 nitrogen and oxygen atoms in total. The van der Waals surface area contributed by atoms with Gasteiger partial charge in [-0.15, -0.1) is 13.2 Å². The Balaban J connectivity index is 1.46. The number of hydrogen-bond acceptors (Lipinski definition) is 5. The third-order valence-corrected chi connectivity index (χ3v) is 6.37. The molecule has 2 aromatic carbocycles. The predicted octanol–water partition coefficient (Wildman–Crippen LogP) is 6.57. The maximum Gasteiger partial charge on any atom is 0.573 e. The van der Waals surface area contributed by atoms with Gasteiger partial charge in [0.05, 0.1) is 18.8 Å². The highest BCUT2D eigenvalue weighted by molar-refractivity contribution is 6.08. The average molecular weight is 553 g/mol. The van der Waals surface area contributed by atoms with Gasteiger partial charge in [0, 0.05) is 28.7 Å². The number of benzene rings is 2. The van der Waals surface area contributed by atoms with Crippen LogP contribution < -0.4 is 20.3 Å². The number of pyridine rings is 1. The average Bonchev–Trinajstić information content (AvgIpc) is 3.65. The molecule has 0 spiro atoms. The second-order valence-corrected chi connectivity index (χ2v) is 9.49. The molecule has 2 N–H and O–H groups in total. The lowest BCUT2D eigenvalue weighted by Crippen LogP contribution is -2.25. The normalized spacial score (nSPS) is 13.2. The van der Waals surface area contributed by atoms with Crippen molar-refractivity contribution in [1.82, 2.24) is 14.8 Å². The van der Waals surface area contributed by atoms with Crippen molar-refractivity contribution in [2.75, 3.05) is 11.9 Å². The first-order chi connectivity index (χ1) is 19.2. The van der Waals surface area contributed by atoms with E-state index in [1.165, 1.54) is 12.1 Å². The van der Waals surface area contributed by atoms with Crippen LogP contribution in [0.2, 0.25) is 0 Å². The summed E-state index contributed by atoms with van der Waals surface area (Å²) in [5.74, 6) is -0.429.